The van der Waals surface area contributed by atoms with Gasteiger partial charge in [0.15, 0.2) is 0 Å². The Labute approximate surface area is 177 Å². The fourth-order valence-corrected chi connectivity index (χ4v) is 3.84. The molecule has 152 valence electrons. The zero-order valence-electron chi connectivity index (χ0n) is 16.1. The van der Waals surface area contributed by atoms with Crippen LogP contribution in [0.3, 0.4) is 0 Å². The van der Waals surface area contributed by atoms with Gasteiger partial charge in [-0.05, 0) is 18.2 Å². The Morgan fingerprint density at radius 1 is 1.07 bits per heavy atom. The number of nitrogens with zero attached hydrogens (tertiary/aromatic N) is 3. The molecule has 0 bridgehead atoms. The van der Waals surface area contributed by atoms with Gasteiger partial charge in [0.1, 0.15) is 0 Å². The van der Waals surface area contributed by atoms with Crippen molar-refractivity contribution in [2.75, 3.05) is 26.2 Å². The number of carbonyl (C=O) groups excluding carboxylic acids is 3. The summed E-state index contributed by atoms with van der Waals surface area (Å²) in [6.45, 7) is 5.01. The molecule has 1 saturated heterocycles. The number of hydrogen-bond donors (Lipinski definition) is 1. The molecule has 0 unspecified atom stereocenters. The predicted octanol–water partition coefficient (Wildman–Crippen LogP) is 3.03. The molecule has 3 heterocycles. The average Bonchev–Trinajstić information content (AvgIpc) is 3.25. The molecule has 1 aliphatic rings. The van der Waals surface area contributed by atoms with Gasteiger partial charge in [0.2, 0.25) is 0 Å². The molecule has 4 rings (SSSR count). The molecule has 2 aromatic heterocycles. The average molecular weight is 423 g/mol. The third-order valence-corrected chi connectivity index (χ3v) is 5.49. The van der Waals surface area contributed by atoms with Crippen LogP contribution in [0.4, 0.5) is 0 Å². The lowest BCUT2D eigenvalue weighted by molar-refractivity contribution is -0.127. The van der Waals surface area contributed by atoms with Gasteiger partial charge in [-0.2, -0.15) is 0 Å². The number of ketones is 1. The monoisotopic (exact) mass is 422 g/mol. The Balaban J connectivity index is 1.49. The summed E-state index contributed by atoms with van der Waals surface area (Å²) in [5, 5.41) is 0.740. The number of nitrogens with one attached hydrogen (secondary N) is 1. The van der Waals surface area contributed by atoms with Gasteiger partial charge >= 0.3 is 0 Å². The number of carbonyl (C=O) groups is 3. The molecule has 0 atom stereocenters. The summed E-state index contributed by atoms with van der Waals surface area (Å²) in [5.74, 6) is -1.34. The van der Waals surface area contributed by atoms with Crippen LogP contribution in [0.15, 0.2) is 49.3 Å². The second kappa shape index (κ2) is 8.12. The fourth-order valence-electron chi connectivity index (χ4n) is 3.60. The third kappa shape index (κ3) is 3.48. The van der Waals surface area contributed by atoms with E-state index < -0.39 is 11.7 Å². The first-order valence-corrected chi connectivity index (χ1v) is 9.85. The van der Waals surface area contributed by atoms with Gasteiger partial charge < -0.3 is 14.8 Å². The molecule has 0 aliphatic carbocycles. The van der Waals surface area contributed by atoms with Crippen molar-refractivity contribution in [1.82, 2.24) is 19.8 Å². The van der Waals surface area contributed by atoms with Crippen LogP contribution in [0, 0.1) is 0 Å². The topological polar surface area (TPSA) is 86.4 Å². The van der Waals surface area contributed by atoms with Crippen LogP contribution in [-0.4, -0.2) is 63.5 Å². The Morgan fingerprint density at radius 2 is 1.73 bits per heavy atom. The molecule has 0 radical (unpaired) electrons. The number of rotatable bonds is 4. The molecule has 7 nitrogen and oxygen atoms in total. The second-order valence-electron chi connectivity index (χ2n) is 6.93. The lowest BCUT2D eigenvalue weighted by Crippen LogP contribution is -2.52. The molecule has 1 aliphatic heterocycles. The molecule has 0 saturated carbocycles. The maximum atomic E-state index is 12.9. The summed E-state index contributed by atoms with van der Waals surface area (Å²) in [7, 11) is 0. The summed E-state index contributed by atoms with van der Waals surface area (Å²) in [6, 6.07) is 8.99. The van der Waals surface area contributed by atoms with Gasteiger partial charge in [-0.15, -0.1) is 0 Å². The van der Waals surface area contributed by atoms with E-state index in [2.05, 4.69) is 16.5 Å². The minimum Gasteiger partial charge on any atom is -0.359 e. The van der Waals surface area contributed by atoms with Crippen LogP contribution in [0.25, 0.3) is 17.0 Å². The van der Waals surface area contributed by atoms with E-state index in [9.17, 15) is 14.4 Å². The number of Topliss-reactive ketones (excluding diaryl/α,β-unsaturated/α-hetero) is 1. The van der Waals surface area contributed by atoms with Gasteiger partial charge in [0, 0.05) is 49.5 Å². The number of benzene rings is 1. The van der Waals surface area contributed by atoms with Crippen molar-refractivity contribution in [2.24, 2.45) is 0 Å². The number of fused-ring (bicyclic) bond motifs is 1. The highest BCUT2D eigenvalue weighted by Gasteiger charge is 2.30. The zero-order valence-corrected chi connectivity index (χ0v) is 16.9. The molecular formula is C22H19ClN4O3. The van der Waals surface area contributed by atoms with Crippen LogP contribution >= 0.6 is 11.6 Å². The van der Waals surface area contributed by atoms with Gasteiger partial charge in [-0.25, -0.2) is 0 Å². The second-order valence-corrected chi connectivity index (χ2v) is 7.33. The maximum Gasteiger partial charge on any atom is 0.295 e. The Hall–Kier alpha value is -3.45. The highest BCUT2D eigenvalue weighted by Crippen LogP contribution is 2.29. The van der Waals surface area contributed by atoms with Crippen molar-refractivity contribution in [3.8, 4) is 0 Å². The van der Waals surface area contributed by atoms with Gasteiger partial charge in [-0.1, -0.05) is 36.4 Å². The van der Waals surface area contributed by atoms with Crippen LogP contribution in [0.2, 0.25) is 5.02 Å². The first-order valence-electron chi connectivity index (χ1n) is 9.47. The quantitative estimate of drug-likeness (QED) is 0.517. The predicted molar refractivity (Wildman–Crippen MR) is 114 cm³/mol. The smallest absolute Gasteiger partial charge is 0.295 e. The summed E-state index contributed by atoms with van der Waals surface area (Å²) >= 11 is 6.24. The van der Waals surface area contributed by atoms with Crippen molar-refractivity contribution >= 4 is 46.2 Å². The first-order chi connectivity index (χ1) is 14.5. The molecule has 30 heavy (non-hydrogen) atoms. The number of aromatic amines is 1. The van der Waals surface area contributed by atoms with Crippen molar-refractivity contribution < 1.29 is 14.4 Å². The standard InChI is InChI=1S/C22H19ClN4O3/c1-2-17-19-18(16(23)13-24-17)15(12-25-19)20(28)22(30)27-10-8-26(9-11-27)21(29)14-6-4-3-5-7-14/h2-7,12-13,25H,1,8-11H2. The minimum absolute atomic E-state index is 0.0816. The van der Waals surface area contributed by atoms with Crippen molar-refractivity contribution in [1.29, 1.82) is 0 Å². The van der Waals surface area contributed by atoms with Crippen molar-refractivity contribution in [3.05, 3.63) is 71.1 Å². The van der Waals surface area contributed by atoms with Crippen LogP contribution in [0.5, 0.6) is 0 Å². The van der Waals surface area contributed by atoms with Crippen LogP contribution in [0.1, 0.15) is 26.4 Å². The lowest BCUT2D eigenvalue weighted by atomic mass is 10.1. The third-order valence-electron chi connectivity index (χ3n) is 5.20. The van der Waals surface area contributed by atoms with Crippen LogP contribution in [-0.2, 0) is 4.79 Å². The van der Waals surface area contributed by atoms with E-state index in [0.29, 0.717) is 48.3 Å². The van der Waals surface area contributed by atoms with E-state index in [4.69, 9.17) is 11.6 Å². The number of aromatic nitrogens is 2. The normalized spacial score (nSPS) is 14.0. The fraction of sp³-hybridized carbons (Fsp3) is 0.182. The van der Waals surface area contributed by atoms with Gasteiger partial charge in [0.25, 0.3) is 17.6 Å². The number of piperazine rings is 1. The summed E-state index contributed by atoms with van der Waals surface area (Å²) in [4.78, 5) is 48.6. The van der Waals surface area contributed by atoms with Crippen molar-refractivity contribution in [3.63, 3.8) is 0 Å². The molecule has 0 spiro atoms. The molecule has 1 aromatic carbocycles. The Morgan fingerprint density at radius 3 is 2.40 bits per heavy atom. The largest absolute Gasteiger partial charge is 0.359 e. The number of amides is 2. The zero-order chi connectivity index (χ0) is 21.3. The molecular weight excluding hydrogens is 404 g/mol. The minimum atomic E-state index is -0.646. The molecule has 1 fully saturated rings. The van der Waals surface area contributed by atoms with E-state index in [1.807, 2.05) is 18.2 Å². The molecule has 8 heteroatoms. The number of hydrogen-bond acceptors (Lipinski definition) is 4. The maximum absolute atomic E-state index is 12.9. The van der Waals surface area contributed by atoms with Gasteiger partial charge in [-0.3, -0.25) is 19.4 Å². The van der Waals surface area contributed by atoms with E-state index in [-0.39, 0.29) is 16.5 Å². The van der Waals surface area contributed by atoms with E-state index in [1.165, 1.54) is 17.3 Å². The van der Waals surface area contributed by atoms with Crippen molar-refractivity contribution in [2.45, 2.75) is 0 Å². The summed E-state index contributed by atoms with van der Waals surface area (Å²) < 4.78 is 0. The van der Waals surface area contributed by atoms with E-state index in [0.717, 1.165) is 0 Å². The number of H-pyrrole nitrogens is 1. The summed E-state index contributed by atoms with van der Waals surface area (Å²) in [5.41, 5.74) is 1.92. The molecule has 1 N–H and O–H groups in total. The number of pyridine rings is 1. The highest BCUT2D eigenvalue weighted by molar-refractivity contribution is 6.47. The van der Waals surface area contributed by atoms with Crippen LogP contribution < -0.4 is 0 Å². The lowest BCUT2D eigenvalue weighted by Gasteiger charge is -2.34. The number of halogens is 1. The molecule has 2 amide bonds. The first kappa shape index (κ1) is 19.8. The SMILES string of the molecule is C=Cc1ncc(Cl)c2c(C(=O)C(=O)N3CCN(C(=O)c4ccccc4)CC3)c[nH]c12. The Bertz CT molecular complexity index is 1150. The van der Waals surface area contributed by atoms with E-state index in [1.54, 1.807) is 23.1 Å². The Kier molecular flexibility index (Phi) is 5.37. The summed E-state index contributed by atoms with van der Waals surface area (Å²) in [6.07, 6.45) is 4.46. The highest BCUT2D eigenvalue weighted by atomic mass is 35.5. The van der Waals surface area contributed by atoms with E-state index >= 15 is 0 Å². The van der Waals surface area contributed by atoms with Gasteiger partial charge in [0.05, 0.1) is 21.8 Å². The molecule has 3 aromatic rings.